The van der Waals surface area contributed by atoms with Gasteiger partial charge in [-0.3, -0.25) is 5.32 Å². The van der Waals surface area contributed by atoms with E-state index in [0.717, 1.165) is 18.8 Å². The van der Waals surface area contributed by atoms with Crippen LogP contribution in [-0.4, -0.2) is 35.6 Å². The molecule has 1 aliphatic carbocycles. The lowest BCUT2D eigenvalue weighted by atomic mass is 9.93. The van der Waals surface area contributed by atoms with Gasteiger partial charge in [-0.25, -0.2) is 0 Å². The average Bonchev–Trinajstić information content (AvgIpc) is 2.83. The largest absolute Gasteiger partial charge is 0.300 e. The van der Waals surface area contributed by atoms with Crippen molar-refractivity contribution in [3.63, 3.8) is 0 Å². The van der Waals surface area contributed by atoms with Crippen molar-refractivity contribution in [1.82, 2.24) is 10.2 Å². The Morgan fingerprint density at radius 3 is 2.84 bits per heavy atom. The molecule has 0 aromatic carbocycles. The zero-order chi connectivity index (χ0) is 13.9. The van der Waals surface area contributed by atoms with E-state index < -0.39 is 0 Å². The van der Waals surface area contributed by atoms with E-state index in [4.69, 9.17) is 0 Å². The van der Waals surface area contributed by atoms with Crippen LogP contribution in [0, 0.1) is 17.2 Å². The molecule has 0 bridgehead atoms. The lowest BCUT2D eigenvalue weighted by Crippen LogP contribution is -2.48. The Morgan fingerprint density at radius 1 is 1.42 bits per heavy atom. The van der Waals surface area contributed by atoms with E-state index in [2.05, 4.69) is 37.1 Å². The lowest BCUT2D eigenvalue weighted by Gasteiger charge is -2.37. The molecule has 108 valence electrons. The molecule has 0 spiro atoms. The Morgan fingerprint density at radius 2 is 2.21 bits per heavy atom. The van der Waals surface area contributed by atoms with Crippen LogP contribution in [0.4, 0.5) is 0 Å². The second kappa shape index (κ2) is 6.24. The number of nitrogens with one attached hydrogen (secondary N) is 1. The summed E-state index contributed by atoms with van der Waals surface area (Å²) < 4.78 is 0. The van der Waals surface area contributed by atoms with Gasteiger partial charge in [0.15, 0.2) is 0 Å². The first kappa shape index (κ1) is 14.8. The fourth-order valence-electron chi connectivity index (χ4n) is 3.91. The zero-order valence-corrected chi connectivity index (χ0v) is 12.8. The molecule has 0 aromatic rings. The van der Waals surface area contributed by atoms with Gasteiger partial charge >= 0.3 is 0 Å². The van der Waals surface area contributed by atoms with Crippen molar-refractivity contribution in [3.8, 4) is 6.07 Å². The molecule has 1 saturated heterocycles. The molecule has 0 aromatic heterocycles. The van der Waals surface area contributed by atoms with Crippen LogP contribution in [0.1, 0.15) is 59.3 Å². The molecule has 1 aliphatic heterocycles. The Balaban J connectivity index is 1.95. The Kier molecular flexibility index (Phi) is 4.86. The van der Waals surface area contributed by atoms with Gasteiger partial charge in [0, 0.05) is 18.6 Å². The van der Waals surface area contributed by atoms with E-state index in [9.17, 15) is 5.26 Å². The van der Waals surface area contributed by atoms with Crippen molar-refractivity contribution < 1.29 is 0 Å². The third kappa shape index (κ3) is 3.49. The summed E-state index contributed by atoms with van der Waals surface area (Å²) in [6, 6.07) is 3.58. The molecular formula is C16H29N3. The molecule has 2 fully saturated rings. The van der Waals surface area contributed by atoms with Crippen molar-refractivity contribution in [2.24, 2.45) is 5.92 Å². The summed E-state index contributed by atoms with van der Waals surface area (Å²) in [5, 5.41) is 13.1. The van der Waals surface area contributed by atoms with Crippen LogP contribution in [0.5, 0.6) is 0 Å². The molecule has 0 amide bonds. The molecule has 3 heteroatoms. The minimum absolute atomic E-state index is 0.266. The van der Waals surface area contributed by atoms with E-state index in [-0.39, 0.29) is 5.54 Å². The second-order valence-electron chi connectivity index (χ2n) is 6.80. The normalized spacial score (nSPS) is 36.6. The number of likely N-dealkylation sites (tertiary alicyclic amines) is 1. The van der Waals surface area contributed by atoms with Crippen molar-refractivity contribution in [3.05, 3.63) is 0 Å². The summed E-state index contributed by atoms with van der Waals surface area (Å²) in [5.41, 5.74) is -0.266. The van der Waals surface area contributed by atoms with E-state index in [1.807, 2.05) is 0 Å². The second-order valence-corrected chi connectivity index (χ2v) is 6.80. The van der Waals surface area contributed by atoms with Gasteiger partial charge in [0.05, 0.1) is 6.07 Å². The quantitative estimate of drug-likeness (QED) is 0.847. The highest BCUT2D eigenvalue weighted by Crippen LogP contribution is 2.35. The molecule has 3 nitrogen and oxygen atoms in total. The number of hydrogen-bond donors (Lipinski definition) is 1. The highest BCUT2D eigenvalue weighted by Gasteiger charge is 2.42. The predicted octanol–water partition coefficient (Wildman–Crippen LogP) is 2.92. The average molecular weight is 263 g/mol. The minimum Gasteiger partial charge on any atom is -0.300 e. The monoisotopic (exact) mass is 263 g/mol. The highest BCUT2D eigenvalue weighted by molar-refractivity contribution is 5.14. The zero-order valence-electron chi connectivity index (χ0n) is 12.8. The lowest BCUT2D eigenvalue weighted by molar-refractivity contribution is 0.119. The van der Waals surface area contributed by atoms with Crippen molar-refractivity contribution in [2.45, 2.75) is 76.9 Å². The summed E-state index contributed by atoms with van der Waals surface area (Å²) in [4.78, 5) is 2.67. The van der Waals surface area contributed by atoms with Crippen LogP contribution >= 0.6 is 0 Å². The van der Waals surface area contributed by atoms with E-state index >= 15 is 0 Å². The highest BCUT2D eigenvalue weighted by atomic mass is 15.2. The van der Waals surface area contributed by atoms with Crippen LogP contribution < -0.4 is 5.32 Å². The van der Waals surface area contributed by atoms with Crippen LogP contribution in [0.2, 0.25) is 0 Å². The first-order valence-corrected chi connectivity index (χ1v) is 8.01. The maximum Gasteiger partial charge on any atom is 0.108 e. The maximum atomic E-state index is 9.55. The molecule has 2 rings (SSSR count). The summed E-state index contributed by atoms with van der Waals surface area (Å²) in [5.74, 6) is 0.879. The fraction of sp³-hybridized carbons (Fsp3) is 0.938. The summed E-state index contributed by atoms with van der Waals surface area (Å²) >= 11 is 0. The van der Waals surface area contributed by atoms with Crippen LogP contribution in [0.3, 0.4) is 0 Å². The molecule has 2 aliphatic rings. The molecule has 3 unspecified atom stereocenters. The molecule has 1 heterocycles. The van der Waals surface area contributed by atoms with Crippen molar-refractivity contribution >= 4 is 0 Å². The first-order chi connectivity index (χ1) is 9.08. The Labute approximate surface area is 118 Å². The number of rotatable bonds is 4. The van der Waals surface area contributed by atoms with E-state index in [0.29, 0.717) is 12.1 Å². The van der Waals surface area contributed by atoms with Crippen LogP contribution in [0.25, 0.3) is 0 Å². The van der Waals surface area contributed by atoms with Crippen LogP contribution in [-0.2, 0) is 0 Å². The molecule has 19 heavy (non-hydrogen) atoms. The van der Waals surface area contributed by atoms with Crippen LogP contribution in [0.15, 0.2) is 0 Å². The summed E-state index contributed by atoms with van der Waals surface area (Å²) in [7, 11) is 0. The van der Waals surface area contributed by atoms with Gasteiger partial charge in [-0.2, -0.15) is 5.26 Å². The van der Waals surface area contributed by atoms with Gasteiger partial charge in [0.1, 0.15) is 5.54 Å². The molecule has 1 saturated carbocycles. The van der Waals surface area contributed by atoms with Gasteiger partial charge in [0.2, 0.25) is 0 Å². The number of hydrogen-bond acceptors (Lipinski definition) is 3. The summed E-state index contributed by atoms with van der Waals surface area (Å²) in [6.07, 6.45) is 7.25. The predicted molar refractivity (Wildman–Crippen MR) is 78.8 cm³/mol. The Bertz CT molecular complexity index is 333. The summed E-state index contributed by atoms with van der Waals surface area (Å²) in [6.45, 7) is 9.08. The maximum absolute atomic E-state index is 9.55. The smallest absolute Gasteiger partial charge is 0.108 e. The SMILES string of the molecule is CCC1CCCN(C2CCC(C#N)(NC(C)C)C2)C1. The number of nitriles is 1. The Hall–Kier alpha value is -0.590. The third-order valence-corrected chi connectivity index (χ3v) is 4.91. The van der Waals surface area contributed by atoms with Gasteiger partial charge in [-0.05, 0) is 58.4 Å². The number of piperidine rings is 1. The number of nitrogens with zero attached hydrogens (tertiary/aromatic N) is 2. The molecular weight excluding hydrogens is 234 g/mol. The van der Waals surface area contributed by atoms with Gasteiger partial charge in [-0.1, -0.05) is 13.3 Å². The van der Waals surface area contributed by atoms with Crippen molar-refractivity contribution in [2.75, 3.05) is 13.1 Å². The molecule has 3 atom stereocenters. The van der Waals surface area contributed by atoms with Gasteiger partial charge in [-0.15, -0.1) is 0 Å². The van der Waals surface area contributed by atoms with Gasteiger partial charge in [0.25, 0.3) is 0 Å². The van der Waals surface area contributed by atoms with Crippen molar-refractivity contribution in [1.29, 1.82) is 5.26 Å². The van der Waals surface area contributed by atoms with E-state index in [1.165, 1.54) is 38.8 Å². The first-order valence-electron chi connectivity index (χ1n) is 8.01. The topological polar surface area (TPSA) is 39.1 Å². The van der Waals surface area contributed by atoms with E-state index in [1.54, 1.807) is 0 Å². The van der Waals surface area contributed by atoms with Gasteiger partial charge < -0.3 is 4.90 Å². The molecule has 1 N–H and O–H groups in total. The standard InChI is InChI=1S/C16H29N3/c1-4-14-6-5-9-19(11-14)15-7-8-16(10-15,12-17)18-13(2)3/h13-15,18H,4-11H2,1-3H3. The molecule has 0 radical (unpaired) electrons. The fourth-order valence-corrected chi connectivity index (χ4v) is 3.91. The third-order valence-electron chi connectivity index (χ3n) is 4.91. The minimum atomic E-state index is -0.266.